The second-order valence-electron chi connectivity index (χ2n) is 4.92. The zero-order valence-corrected chi connectivity index (χ0v) is 12.6. The van der Waals surface area contributed by atoms with Gasteiger partial charge in [-0.15, -0.1) is 22.9 Å². The summed E-state index contributed by atoms with van der Waals surface area (Å²) >= 11 is 7.42. The molecular weight excluding hydrogens is 268 g/mol. The summed E-state index contributed by atoms with van der Waals surface area (Å²) in [6.45, 7) is 7.25. The third-order valence-electron chi connectivity index (χ3n) is 3.24. The molecule has 1 saturated heterocycles. The molecule has 18 heavy (non-hydrogen) atoms. The van der Waals surface area contributed by atoms with Crippen molar-refractivity contribution in [2.24, 2.45) is 0 Å². The van der Waals surface area contributed by atoms with Gasteiger partial charge >= 0.3 is 0 Å². The minimum Gasteiger partial charge on any atom is -0.368 e. The molecule has 2 heterocycles. The van der Waals surface area contributed by atoms with E-state index in [1.54, 1.807) is 11.3 Å². The standard InChI is InChI=1S/C13H21ClN2OS/c1-10(2)16-6-7-17-12(8-16)13-15-11(9-18-13)4-3-5-14/h9-10,12H,3-8H2,1-2H3. The monoisotopic (exact) mass is 288 g/mol. The van der Waals surface area contributed by atoms with Gasteiger partial charge in [-0.25, -0.2) is 4.98 Å². The summed E-state index contributed by atoms with van der Waals surface area (Å²) < 4.78 is 5.84. The normalized spacial score (nSPS) is 21.7. The van der Waals surface area contributed by atoms with E-state index in [4.69, 9.17) is 16.3 Å². The molecule has 1 fully saturated rings. The predicted molar refractivity (Wildman–Crippen MR) is 76.6 cm³/mol. The summed E-state index contributed by atoms with van der Waals surface area (Å²) in [5.74, 6) is 0.702. The van der Waals surface area contributed by atoms with Crippen LogP contribution >= 0.6 is 22.9 Å². The summed E-state index contributed by atoms with van der Waals surface area (Å²) in [4.78, 5) is 7.13. The largest absolute Gasteiger partial charge is 0.368 e. The third kappa shape index (κ3) is 3.67. The van der Waals surface area contributed by atoms with Gasteiger partial charge in [0.15, 0.2) is 0 Å². The van der Waals surface area contributed by atoms with Crippen molar-refractivity contribution >= 4 is 22.9 Å². The topological polar surface area (TPSA) is 25.4 Å². The maximum atomic E-state index is 5.84. The van der Waals surface area contributed by atoms with Gasteiger partial charge in [0, 0.05) is 30.4 Å². The molecule has 1 atom stereocenters. The predicted octanol–water partition coefficient (Wildman–Crippen LogP) is 3.10. The number of nitrogens with zero attached hydrogens (tertiary/aromatic N) is 2. The van der Waals surface area contributed by atoms with E-state index in [0.717, 1.165) is 43.2 Å². The molecule has 1 aromatic rings. The first-order chi connectivity index (χ1) is 8.70. The molecular formula is C13H21ClN2OS. The Labute approximate surface area is 118 Å². The Balaban J connectivity index is 1.95. The molecule has 102 valence electrons. The van der Waals surface area contributed by atoms with Gasteiger partial charge in [0.25, 0.3) is 0 Å². The van der Waals surface area contributed by atoms with Crippen LogP contribution in [0.1, 0.15) is 37.1 Å². The molecule has 0 bridgehead atoms. The van der Waals surface area contributed by atoms with Crippen LogP contribution in [0.2, 0.25) is 0 Å². The molecule has 1 aromatic heterocycles. The number of rotatable bonds is 5. The van der Waals surface area contributed by atoms with E-state index in [2.05, 4.69) is 29.1 Å². The summed E-state index contributed by atoms with van der Waals surface area (Å²) in [5, 5.41) is 3.25. The van der Waals surface area contributed by atoms with Crippen molar-refractivity contribution in [1.82, 2.24) is 9.88 Å². The Bertz CT molecular complexity index is 370. The number of aromatic nitrogens is 1. The van der Waals surface area contributed by atoms with Crippen LogP contribution in [-0.2, 0) is 11.2 Å². The number of ether oxygens (including phenoxy) is 1. The average molecular weight is 289 g/mol. The summed E-state index contributed by atoms with van der Waals surface area (Å²) in [7, 11) is 0. The Hall–Kier alpha value is -0.160. The van der Waals surface area contributed by atoms with Crippen LogP contribution in [0.25, 0.3) is 0 Å². The highest BCUT2D eigenvalue weighted by Crippen LogP contribution is 2.26. The zero-order chi connectivity index (χ0) is 13.0. The van der Waals surface area contributed by atoms with Crippen molar-refractivity contribution in [3.63, 3.8) is 0 Å². The smallest absolute Gasteiger partial charge is 0.123 e. The molecule has 0 aliphatic carbocycles. The molecule has 0 spiro atoms. The van der Waals surface area contributed by atoms with Crippen LogP contribution in [0, 0.1) is 0 Å². The third-order valence-corrected chi connectivity index (χ3v) is 4.49. The second kappa shape index (κ2) is 6.85. The van der Waals surface area contributed by atoms with E-state index in [1.807, 2.05) is 0 Å². The highest BCUT2D eigenvalue weighted by Gasteiger charge is 2.25. The molecule has 1 unspecified atom stereocenters. The van der Waals surface area contributed by atoms with Crippen molar-refractivity contribution in [2.75, 3.05) is 25.6 Å². The van der Waals surface area contributed by atoms with Crippen LogP contribution in [0.3, 0.4) is 0 Å². The van der Waals surface area contributed by atoms with Crippen molar-refractivity contribution < 1.29 is 4.74 Å². The minimum absolute atomic E-state index is 0.149. The molecule has 3 nitrogen and oxygen atoms in total. The van der Waals surface area contributed by atoms with E-state index in [9.17, 15) is 0 Å². The minimum atomic E-state index is 0.149. The van der Waals surface area contributed by atoms with Gasteiger partial charge in [-0.05, 0) is 26.7 Å². The summed E-state index contributed by atoms with van der Waals surface area (Å²) in [6, 6.07) is 0.576. The lowest BCUT2D eigenvalue weighted by atomic mass is 10.2. The second-order valence-corrected chi connectivity index (χ2v) is 6.19. The van der Waals surface area contributed by atoms with Crippen LogP contribution in [0.4, 0.5) is 0 Å². The maximum Gasteiger partial charge on any atom is 0.123 e. The number of thiazole rings is 1. The number of halogens is 1. The number of hydrogen-bond acceptors (Lipinski definition) is 4. The summed E-state index contributed by atoms with van der Waals surface area (Å²) in [6.07, 6.45) is 2.12. The molecule has 1 aliphatic rings. The first-order valence-electron chi connectivity index (χ1n) is 6.56. The molecule has 0 N–H and O–H groups in total. The first-order valence-corrected chi connectivity index (χ1v) is 7.98. The molecule has 0 aromatic carbocycles. The van der Waals surface area contributed by atoms with Gasteiger partial charge in [0.1, 0.15) is 11.1 Å². The van der Waals surface area contributed by atoms with Gasteiger partial charge < -0.3 is 4.74 Å². The highest BCUT2D eigenvalue weighted by molar-refractivity contribution is 7.09. The number of morpholine rings is 1. The van der Waals surface area contributed by atoms with Gasteiger partial charge in [-0.1, -0.05) is 0 Å². The van der Waals surface area contributed by atoms with Crippen molar-refractivity contribution in [2.45, 2.75) is 38.8 Å². The SMILES string of the molecule is CC(C)N1CCOC(c2nc(CCCCl)cs2)C1. The van der Waals surface area contributed by atoms with Crippen molar-refractivity contribution in [3.05, 3.63) is 16.1 Å². The van der Waals surface area contributed by atoms with Gasteiger partial charge in [-0.3, -0.25) is 4.90 Å². The lowest BCUT2D eigenvalue weighted by molar-refractivity contribution is -0.0403. The number of aryl methyl sites for hydroxylation is 1. The molecule has 2 rings (SSSR count). The first kappa shape index (κ1) is 14.3. The molecule has 0 amide bonds. The molecule has 5 heteroatoms. The Kier molecular flexibility index (Phi) is 5.42. The van der Waals surface area contributed by atoms with Crippen LogP contribution < -0.4 is 0 Å². The van der Waals surface area contributed by atoms with Crippen LogP contribution in [-0.4, -0.2) is 41.5 Å². The Morgan fingerprint density at radius 2 is 2.44 bits per heavy atom. The lowest BCUT2D eigenvalue weighted by Gasteiger charge is -2.34. The van der Waals surface area contributed by atoms with E-state index in [-0.39, 0.29) is 6.10 Å². The Morgan fingerprint density at radius 3 is 3.17 bits per heavy atom. The fourth-order valence-electron chi connectivity index (χ4n) is 2.12. The van der Waals surface area contributed by atoms with E-state index in [0.29, 0.717) is 11.9 Å². The zero-order valence-electron chi connectivity index (χ0n) is 11.1. The van der Waals surface area contributed by atoms with Gasteiger partial charge in [0.2, 0.25) is 0 Å². The Morgan fingerprint density at radius 1 is 1.61 bits per heavy atom. The van der Waals surface area contributed by atoms with Gasteiger partial charge in [-0.2, -0.15) is 0 Å². The fourth-order valence-corrected chi connectivity index (χ4v) is 3.15. The molecule has 0 saturated carbocycles. The summed E-state index contributed by atoms with van der Waals surface area (Å²) in [5.41, 5.74) is 1.15. The highest BCUT2D eigenvalue weighted by atomic mass is 35.5. The van der Waals surface area contributed by atoms with Crippen molar-refractivity contribution in [1.29, 1.82) is 0 Å². The number of alkyl halides is 1. The van der Waals surface area contributed by atoms with Crippen LogP contribution in [0.15, 0.2) is 5.38 Å². The van der Waals surface area contributed by atoms with Crippen molar-refractivity contribution in [3.8, 4) is 0 Å². The van der Waals surface area contributed by atoms with Crippen LogP contribution in [0.5, 0.6) is 0 Å². The van der Waals surface area contributed by atoms with E-state index < -0.39 is 0 Å². The molecule has 0 radical (unpaired) electrons. The maximum absolute atomic E-state index is 5.84. The molecule has 1 aliphatic heterocycles. The van der Waals surface area contributed by atoms with E-state index in [1.165, 1.54) is 0 Å². The quantitative estimate of drug-likeness (QED) is 0.779. The number of hydrogen-bond donors (Lipinski definition) is 0. The van der Waals surface area contributed by atoms with Gasteiger partial charge in [0.05, 0.1) is 12.3 Å². The lowest BCUT2D eigenvalue weighted by Crippen LogP contribution is -2.42. The fraction of sp³-hybridized carbons (Fsp3) is 0.769. The van der Waals surface area contributed by atoms with E-state index >= 15 is 0 Å². The average Bonchev–Trinajstić information content (AvgIpc) is 2.85.